The lowest BCUT2D eigenvalue weighted by Crippen LogP contribution is -2.16. The van der Waals surface area contributed by atoms with Crippen molar-refractivity contribution in [3.05, 3.63) is 41.0 Å². The van der Waals surface area contributed by atoms with E-state index in [4.69, 9.17) is 5.73 Å². The molecule has 0 aromatic heterocycles. The number of rotatable bonds is 1. The van der Waals surface area contributed by atoms with Crippen LogP contribution < -0.4 is 5.73 Å². The van der Waals surface area contributed by atoms with Crippen molar-refractivity contribution in [1.29, 1.82) is 0 Å². The van der Waals surface area contributed by atoms with E-state index in [1.165, 1.54) is 22.3 Å². The number of hydrogen-bond donors (Lipinski definition) is 1. The summed E-state index contributed by atoms with van der Waals surface area (Å²) >= 11 is 0. The molecule has 0 saturated carbocycles. The van der Waals surface area contributed by atoms with Crippen molar-refractivity contribution in [2.24, 2.45) is 5.73 Å². The maximum Gasteiger partial charge on any atom is 0.0269 e. The van der Waals surface area contributed by atoms with Crippen molar-refractivity contribution in [1.82, 2.24) is 0 Å². The molecule has 0 amide bonds. The van der Waals surface area contributed by atoms with Crippen molar-refractivity contribution in [3.63, 3.8) is 0 Å². The molecule has 2 rings (SSSR count). The molecule has 68 valence electrons. The molecule has 1 unspecified atom stereocenters. The molecule has 0 fully saturated rings. The van der Waals surface area contributed by atoms with E-state index >= 15 is 0 Å². The van der Waals surface area contributed by atoms with Crippen LogP contribution in [0.1, 0.15) is 23.6 Å². The zero-order chi connectivity index (χ0) is 9.42. The molecular weight excluding hydrogens is 158 g/mol. The third kappa shape index (κ3) is 1.29. The second-order valence-corrected chi connectivity index (χ2v) is 3.75. The highest BCUT2D eigenvalue weighted by Gasteiger charge is 2.17. The standard InChI is InChI=1S/C12H15N/c1-8-4-3-5-12-10(8)6-7-11(12)9(2)13/h3-5,7,9H,6,13H2,1-2H3. The van der Waals surface area contributed by atoms with Crippen LogP contribution in [-0.4, -0.2) is 6.04 Å². The lowest BCUT2D eigenvalue weighted by molar-refractivity contribution is 0.948. The minimum Gasteiger partial charge on any atom is -0.324 e. The Bertz CT molecular complexity index is 361. The summed E-state index contributed by atoms with van der Waals surface area (Å²) in [6.45, 7) is 4.21. The quantitative estimate of drug-likeness (QED) is 0.692. The van der Waals surface area contributed by atoms with Crippen molar-refractivity contribution in [2.45, 2.75) is 26.3 Å². The van der Waals surface area contributed by atoms with Gasteiger partial charge in [0.1, 0.15) is 0 Å². The van der Waals surface area contributed by atoms with Gasteiger partial charge in [-0.15, -0.1) is 0 Å². The van der Waals surface area contributed by atoms with Crippen LogP contribution in [0, 0.1) is 6.92 Å². The van der Waals surface area contributed by atoms with Crippen LogP contribution in [0.2, 0.25) is 0 Å². The third-order valence-electron chi connectivity index (χ3n) is 2.74. The molecule has 1 aromatic rings. The topological polar surface area (TPSA) is 26.0 Å². The fourth-order valence-corrected chi connectivity index (χ4v) is 2.00. The lowest BCUT2D eigenvalue weighted by atomic mass is 9.98. The van der Waals surface area contributed by atoms with Crippen molar-refractivity contribution < 1.29 is 0 Å². The molecule has 13 heavy (non-hydrogen) atoms. The second kappa shape index (κ2) is 3.00. The predicted molar refractivity (Wildman–Crippen MR) is 56.5 cm³/mol. The van der Waals surface area contributed by atoms with E-state index in [1.54, 1.807) is 0 Å². The van der Waals surface area contributed by atoms with Crippen LogP contribution in [0.25, 0.3) is 5.57 Å². The molecule has 0 bridgehead atoms. The molecule has 2 N–H and O–H groups in total. The van der Waals surface area contributed by atoms with Crippen LogP contribution in [-0.2, 0) is 6.42 Å². The summed E-state index contributed by atoms with van der Waals surface area (Å²) in [7, 11) is 0. The molecule has 1 heteroatoms. The van der Waals surface area contributed by atoms with Crippen molar-refractivity contribution in [3.8, 4) is 0 Å². The van der Waals surface area contributed by atoms with E-state index < -0.39 is 0 Å². The van der Waals surface area contributed by atoms with E-state index in [9.17, 15) is 0 Å². The van der Waals surface area contributed by atoms with Crippen molar-refractivity contribution in [2.75, 3.05) is 0 Å². The number of nitrogens with two attached hydrogens (primary N) is 1. The number of aryl methyl sites for hydroxylation is 1. The minimum absolute atomic E-state index is 0.156. The molecular formula is C12H15N. The third-order valence-corrected chi connectivity index (χ3v) is 2.74. The number of benzene rings is 1. The van der Waals surface area contributed by atoms with E-state index in [-0.39, 0.29) is 6.04 Å². The Balaban J connectivity index is 2.50. The maximum atomic E-state index is 5.89. The molecule has 0 saturated heterocycles. The summed E-state index contributed by atoms with van der Waals surface area (Å²) in [5.41, 5.74) is 11.4. The Labute approximate surface area is 79.3 Å². The lowest BCUT2D eigenvalue weighted by Gasteiger charge is -2.10. The maximum absolute atomic E-state index is 5.89. The SMILES string of the molecule is Cc1cccc2c1CC=C2C(C)N. The fourth-order valence-electron chi connectivity index (χ4n) is 2.00. The van der Waals surface area contributed by atoms with Crippen LogP contribution >= 0.6 is 0 Å². The number of allylic oxidation sites excluding steroid dienone is 1. The van der Waals surface area contributed by atoms with Gasteiger partial charge < -0.3 is 5.73 Å². The van der Waals surface area contributed by atoms with Gasteiger partial charge in [-0.25, -0.2) is 0 Å². The Morgan fingerprint density at radius 3 is 2.85 bits per heavy atom. The van der Waals surface area contributed by atoms with Gasteiger partial charge in [0.2, 0.25) is 0 Å². The number of hydrogen-bond acceptors (Lipinski definition) is 1. The summed E-state index contributed by atoms with van der Waals surface area (Å²) in [6.07, 6.45) is 3.31. The molecule has 0 radical (unpaired) electrons. The van der Waals surface area contributed by atoms with Crippen LogP contribution in [0.5, 0.6) is 0 Å². The molecule has 1 nitrogen and oxygen atoms in total. The van der Waals surface area contributed by atoms with Gasteiger partial charge in [-0.05, 0) is 42.5 Å². The highest BCUT2D eigenvalue weighted by Crippen LogP contribution is 2.30. The Hall–Kier alpha value is -1.08. The Morgan fingerprint density at radius 2 is 2.15 bits per heavy atom. The van der Waals surface area contributed by atoms with Gasteiger partial charge in [0, 0.05) is 6.04 Å². The summed E-state index contributed by atoms with van der Waals surface area (Å²) in [6, 6.07) is 6.60. The molecule has 0 spiro atoms. The highest BCUT2D eigenvalue weighted by atomic mass is 14.6. The van der Waals surface area contributed by atoms with E-state index in [0.29, 0.717) is 0 Å². The van der Waals surface area contributed by atoms with Gasteiger partial charge in [-0.2, -0.15) is 0 Å². The summed E-state index contributed by atoms with van der Waals surface area (Å²) in [4.78, 5) is 0. The van der Waals surface area contributed by atoms with Gasteiger partial charge in [0.05, 0.1) is 0 Å². The zero-order valence-electron chi connectivity index (χ0n) is 8.17. The molecule has 1 aliphatic carbocycles. The van der Waals surface area contributed by atoms with E-state index in [0.717, 1.165) is 6.42 Å². The fraction of sp³-hybridized carbons (Fsp3) is 0.333. The van der Waals surface area contributed by atoms with Crippen LogP contribution in [0.4, 0.5) is 0 Å². The normalized spacial score (nSPS) is 16.7. The van der Waals surface area contributed by atoms with Crippen LogP contribution in [0.15, 0.2) is 24.3 Å². The molecule has 1 aliphatic rings. The van der Waals surface area contributed by atoms with E-state index in [1.807, 2.05) is 6.92 Å². The van der Waals surface area contributed by atoms with Gasteiger partial charge in [-0.1, -0.05) is 24.3 Å². The van der Waals surface area contributed by atoms with Crippen molar-refractivity contribution >= 4 is 5.57 Å². The Kier molecular flexibility index (Phi) is 1.97. The first-order valence-electron chi connectivity index (χ1n) is 4.74. The largest absolute Gasteiger partial charge is 0.324 e. The Morgan fingerprint density at radius 1 is 1.38 bits per heavy atom. The summed E-state index contributed by atoms with van der Waals surface area (Å²) in [5.74, 6) is 0. The van der Waals surface area contributed by atoms with Gasteiger partial charge in [0.25, 0.3) is 0 Å². The van der Waals surface area contributed by atoms with Gasteiger partial charge in [0.15, 0.2) is 0 Å². The molecule has 0 aliphatic heterocycles. The monoisotopic (exact) mass is 173 g/mol. The summed E-state index contributed by atoms with van der Waals surface area (Å²) < 4.78 is 0. The molecule has 0 heterocycles. The summed E-state index contributed by atoms with van der Waals surface area (Å²) in [5, 5.41) is 0. The number of fused-ring (bicyclic) bond motifs is 1. The molecule has 1 aromatic carbocycles. The van der Waals surface area contributed by atoms with Gasteiger partial charge >= 0.3 is 0 Å². The predicted octanol–water partition coefficient (Wildman–Crippen LogP) is 2.28. The smallest absolute Gasteiger partial charge is 0.0269 e. The van der Waals surface area contributed by atoms with Crippen LogP contribution in [0.3, 0.4) is 0 Å². The minimum atomic E-state index is 0.156. The first-order valence-corrected chi connectivity index (χ1v) is 4.74. The average molecular weight is 173 g/mol. The molecule has 1 atom stereocenters. The first-order chi connectivity index (χ1) is 6.20. The average Bonchev–Trinajstić information content (AvgIpc) is 2.48. The van der Waals surface area contributed by atoms with E-state index in [2.05, 4.69) is 31.2 Å². The zero-order valence-corrected chi connectivity index (χ0v) is 8.17. The highest BCUT2D eigenvalue weighted by molar-refractivity contribution is 5.76. The van der Waals surface area contributed by atoms with Gasteiger partial charge in [-0.3, -0.25) is 0 Å². The second-order valence-electron chi connectivity index (χ2n) is 3.75. The first kappa shape index (κ1) is 8.52.